The first kappa shape index (κ1) is 13.0. The zero-order valence-corrected chi connectivity index (χ0v) is 10.6. The van der Waals surface area contributed by atoms with Crippen LogP contribution in [0.15, 0.2) is 42.5 Å². The van der Waals surface area contributed by atoms with Gasteiger partial charge in [-0.1, -0.05) is 12.1 Å². The molecule has 4 nitrogen and oxygen atoms in total. The van der Waals surface area contributed by atoms with E-state index in [4.69, 9.17) is 15.6 Å². The number of rotatable bonds is 4. The quantitative estimate of drug-likeness (QED) is 0.826. The zero-order valence-electron chi connectivity index (χ0n) is 10.6. The zero-order chi connectivity index (χ0) is 13.8. The Balaban J connectivity index is 2.01. The van der Waals surface area contributed by atoms with Gasteiger partial charge in [-0.15, -0.1) is 0 Å². The molecular weight excluding hydrogens is 242 g/mol. The van der Waals surface area contributed by atoms with Crippen LogP contribution >= 0.6 is 0 Å². The van der Waals surface area contributed by atoms with E-state index < -0.39 is 5.97 Å². The molecule has 0 unspecified atom stereocenters. The monoisotopic (exact) mass is 257 g/mol. The molecule has 0 amide bonds. The molecule has 2 aromatic carbocycles. The van der Waals surface area contributed by atoms with Crippen LogP contribution in [-0.4, -0.2) is 11.1 Å². The largest absolute Gasteiger partial charge is 0.489 e. The second kappa shape index (κ2) is 5.44. The van der Waals surface area contributed by atoms with Gasteiger partial charge in [-0.05, 0) is 48.4 Å². The maximum absolute atomic E-state index is 10.7. The van der Waals surface area contributed by atoms with Crippen LogP contribution in [0.3, 0.4) is 0 Å². The van der Waals surface area contributed by atoms with Crippen LogP contribution in [0, 0.1) is 6.92 Å². The molecule has 4 heteroatoms. The minimum atomic E-state index is -0.929. The summed E-state index contributed by atoms with van der Waals surface area (Å²) in [4.78, 5) is 10.7. The van der Waals surface area contributed by atoms with Crippen LogP contribution in [0.4, 0.5) is 5.69 Å². The van der Waals surface area contributed by atoms with Gasteiger partial charge in [0.25, 0.3) is 0 Å². The minimum absolute atomic E-state index is 0.270. The van der Waals surface area contributed by atoms with E-state index in [0.29, 0.717) is 6.61 Å². The van der Waals surface area contributed by atoms with Crippen molar-refractivity contribution in [3.8, 4) is 5.75 Å². The lowest BCUT2D eigenvalue weighted by Gasteiger charge is -2.08. The van der Waals surface area contributed by atoms with Gasteiger partial charge < -0.3 is 15.6 Å². The van der Waals surface area contributed by atoms with E-state index in [0.717, 1.165) is 22.6 Å². The Labute approximate surface area is 111 Å². The molecule has 0 radical (unpaired) electrons. The van der Waals surface area contributed by atoms with Crippen molar-refractivity contribution in [2.24, 2.45) is 0 Å². The number of hydrogen-bond donors (Lipinski definition) is 2. The fraction of sp³-hybridized carbons (Fsp3) is 0.133. The van der Waals surface area contributed by atoms with Gasteiger partial charge in [0.15, 0.2) is 0 Å². The van der Waals surface area contributed by atoms with E-state index in [2.05, 4.69) is 0 Å². The van der Waals surface area contributed by atoms with Crippen molar-refractivity contribution >= 4 is 11.7 Å². The number of nitrogens with two attached hydrogens (primary N) is 1. The number of anilines is 1. The number of carboxylic acids is 1. The van der Waals surface area contributed by atoms with E-state index in [1.54, 1.807) is 30.3 Å². The van der Waals surface area contributed by atoms with Crippen molar-refractivity contribution in [3.05, 3.63) is 59.2 Å². The Hall–Kier alpha value is -2.49. The second-order valence-corrected chi connectivity index (χ2v) is 4.31. The number of aromatic carboxylic acids is 1. The van der Waals surface area contributed by atoms with Crippen LogP contribution in [-0.2, 0) is 6.61 Å². The SMILES string of the molecule is Cc1cc(OCc2ccc(C(=O)O)cc2)ccc1N. The number of aryl methyl sites for hydroxylation is 1. The lowest BCUT2D eigenvalue weighted by molar-refractivity contribution is 0.0697. The molecule has 2 aromatic rings. The third kappa shape index (κ3) is 3.25. The Morgan fingerprint density at radius 2 is 1.89 bits per heavy atom. The lowest BCUT2D eigenvalue weighted by Crippen LogP contribution is -1.99. The maximum Gasteiger partial charge on any atom is 0.335 e. The molecule has 0 aliphatic heterocycles. The van der Waals surface area contributed by atoms with Gasteiger partial charge in [0, 0.05) is 5.69 Å². The summed E-state index contributed by atoms with van der Waals surface area (Å²) in [5, 5.41) is 8.80. The number of ether oxygens (including phenoxy) is 1. The normalized spacial score (nSPS) is 10.2. The summed E-state index contributed by atoms with van der Waals surface area (Å²) in [5.41, 5.74) is 8.62. The maximum atomic E-state index is 10.7. The number of hydrogen-bond acceptors (Lipinski definition) is 3. The van der Waals surface area contributed by atoms with E-state index in [9.17, 15) is 4.79 Å². The van der Waals surface area contributed by atoms with Crippen molar-refractivity contribution < 1.29 is 14.6 Å². The Morgan fingerprint density at radius 3 is 2.47 bits per heavy atom. The molecular formula is C15H15NO3. The topological polar surface area (TPSA) is 72.5 Å². The van der Waals surface area contributed by atoms with Crippen molar-refractivity contribution in [2.75, 3.05) is 5.73 Å². The van der Waals surface area contributed by atoms with Crippen molar-refractivity contribution in [2.45, 2.75) is 13.5 Å². The van der Waals surface area contributed by atoms with Gasteiger partial charge in [-0.25, -0.2) is 4.79 Å². The van der Waals surface area contributed by atoms with Gasteiger partial charge in [0.1, 0.15) is 12.4 Å². The molecule has 0 spiro atoms. The second-order valence-electron chi connectivity index (χ2n) is 4.31. The van der Waals surface area contributed by atoms with E-state index >= 15 is 0 Å². The van der Waals surface area contributed by atoms with Crippen LogP contribution in [0.5, 0.6) is 5.75 Å². The van der Waals surface area contributed by atoms with Crippen molar-refractivity contribution in [1.29, 1.82) is 0 Å². The van der Waals surface area contributed by atoms with Crippen LogP contribution < -0.4 is 10.5 Å². The molecule has 0 aliphatic rings. The molecule has 0 atom stereocenters. The predicted molar refractivity (Wildman–Crippen MR) is 73.3 cm³/mol. The third-order valence-corrected chi connectivity index (χ3v) is 2.85. The first-order valence-corrected chi connectivity index (χ1v) is 5.87. The van der Waals surface area contributed by atoms with Gasteiger partial charge >= 0.3 is 5.97 Å². The first-order chi connectivity index (χ1) is 9.06. The standard InChI is InChI=1S/C15H15NO3/c1-10-8-13(6-7-14(10)16)19-9-11-2-4-12(5-3-11)15(17)18/h2-8H,9,16H2,1H3,(H,17,18). The molecule has 19 heavy (non-hydrogen) atoms. The molecule has 3 N–H and O–H groups in total. The van der Waals surface area contributed by atoms with Crippen molar-refractivity contribution in [1.82, 2.24) is 0 Å². The average molecular weight is 257 g/mol. The number of carbonyl (C=O) groups is 1. The first-order valence-electron chi connectivity index (χ1n) is 5.87. The molecule has 98 valence electrons. The Kier molecular flexibility index (Phi) is 3.71. The molecule has 0 saturated heterocycles. The molecule has 0 heterocycles. The fourth-order valence-corrected chi connectivity index (χ4v) is 1.65. The van der Waals surface area contributed by atoms with Gasteiger partial charge in [0.05, 0.1) is 5.56 Å². The predicted octanol–water partition coefficient (Wildman–Crippen LogP) is 2.85. The van der Waals surface area contributed by atoms with E-state index in [1.807, 2.05) is 19.1 Å². The highest BCUT2D eigenvalue weighted by Gasteiger charge is 2.02. The summed E-state index contributed by atoms with van der Waals surface area (Å²) in [7, 11) is 0. The summed E-state index contributed by atoms with van der Waals surface area (Å²) < 4.78 is 5.63. The summed E-state index contributed by atoms with van der Waals surface area (Å²) in [5.74, 6) is -0.185. The van der Waals surface area contributed by atoms with Crippen molar-refractivity contribution in [3.63, 3.8) is 0 Å². The van der Waals surface area contributed by atoms with E-state index in [1.165, 1.54) is 0 Å². The summed E-state index contributed by atoms with van der Waals surface area (Å²) >= 11 is 0. The van der Waals surface area contributed by atoms with Crippen LogP contribution in [0.2, 0.25) is 0 Å². The Morgan fingerprint density at radius 1 is 1.21 bits per heavy atom. The number of benzene rings is 2. The van der Waals surface area contributed by atoms with Gasteiger partial charge in [-0.2, -0.15) is 0 Å². The fourth-order valence-electron chi connectivity index (χ4n) is 1.65. The third-order valence-electron chi connectivity index (χ3n) is 2.85. The highest BCUT2D eigenvalue weighted by Crippen LogP contribution is 2.19. The highest BCUT2D eigenvalue weighted by atomic mass is 16.5. The number of nitrogen functional groups attached to an aromatic ring is 1. The molecule has 0 aromatic heterocycles. The molecule has 2 rings (SSSR count). The smallest absolute Gasteiger partial charge is 0.335 e. The van der Waals surface area contributed by atoms with E-state index in [-0.39, 0.29) is 5.56 Å². The summed E-state index contributed by atoms with van der Waals surface area (Å²) in [6.45, 7) is 2.31. The molecule has 0 aliphatic carbocycles. The van der Waals surface area contributed by atoms with Gasteiger partial charge in [0.2, 0.25) is 0 Å². The Bertz CT molecular complexity index is 591. The van der Waals surface area contributed by atoms with Crippen LogP contribution in [0.25, 0.3) is 0 Å². The number of carboxylic acid groups (broad SMARTS) is 1. The molecule has 0 fully saturated rings. The molecule has 0 saturated carbocycles. The van der Waals surface area contributed by atoms with Crippen LogP contribution in [0.1, 0.15) is 21.5 Å². The summed E-state index contributed by atoms with van der Waals surface area (Å²) in [6.07, 6.45) is 0. The summed E-state index contributed by atoms with van der Waals surface area (Å²) in [6, 6.07) is 12.1. The minimum Gasteiger partial charge on any atom is -0.489 e. The molecule has 0 bridgehead atoms. The van der Waals surface area contributed by atoms with Gasteiger partial charge in [-0.3, -0.25) is 0 Å². The average Bonchev–Trinajstić information content (AvgIpc) is 2.40. The highest BCUT2D eigenvalue weighted by molar-refractivity contribution is 5.87. The lowest BCUT2D eigenvalue weighted by atomic mass is 10.1.